The first kappa shape index (κ1) is 31.3. The van der Waals surface area contributed by atoms with Crippen LogP contribution in [0.25, 0.3) is 10.4 Å². The molecule has 2 saturated heterocycles. The Kier molecular flexibility index (Phi) is 9.07. The van der Waals surface area contributed by atoms with E-state index >= 15 is 0 Å². The molecule has 3 amide bonds. The van der Waals surface area contributed by atoms with E-state index in [-0.39, 0.29) is 39.0 Å². The van der Waals surface area contributed by atoms with Crippen LogP contribution in [0.3, 0.4) is 0 Å². The monoisotopic (exact) mass is 618 g/mol. The first-order chi connectivity index (χ1) is 20.4. The number of carbonyl (C=O) groups excluding carboxylic acids is 3. The summed E-state index contributed by atoms with van der Waals surface area (Å²) < 4.78 is 31.5. The Morgan fingerprint density at radius 1 is 1.26 bits per heavy atom. The van der Waals surface area contributed by atoms with Gasteiger partial charge in [0.15, 0.2) is 12.0 Å². The highest BCUT2D eigenvalue weighted by Gasteiger charge is 2.53. The maximum absolute atomic E-state index is 14.4. The second-order valence-corrected chi connectivity index (χ2v) is 13.3. The van der Waals surface area contributed by atoms with Gasteiger partial charge in [-0.15, -0.1) is 11.3 Å². The molecular weight excluding hydrogens is 579 g/mol. The number of aliphatic hydroxyl groups is 1. The lowest BCUT2D eigenvalue weighted by atomic mass is 9.85. The fourth-order valence-electron chi connectivity index (χ4n) is 5.23. The fraction of sp³-hybridized carbons (Fsp3) is 0.600. The van der Waals surface area contributed by atoms with Crippen molar-refractivity contribution in [3.8, 4) is 16.2 Å². The summed E-state index contributed by atoms with van der Waals surface area (Å²) in [5.41, 5.74) is 1.59. The van der Waals surface area contributed by atoms with Crippen LogP contribution in [0.1, 0.15) is 51.3 Å². The number of likely N-dealkylation sites (tertiary alicyclic amines) is 1. The normalized spacial score (nSPS) is 22.3. The summed E-state index contributed by atoms with van der Waals surface area (Å²) in [6, 6.07) is 3.65. The molecule has 43 heavy (non-hydrogen) atoms. The first-order valence-corrected chi connectivity index (χ1v) is 15.4. The molecule has 3 heterocycles. The molecule has 11 nitrogen and oxygen atoms in total. The molecule has 0 bridgehead atoms. The summed E-state index contributed by atoms with van der Waals surface area (Å²) >= 11 is 1.52. The molecule has 0 radical (unpaired) electrons. The Labute approximate surface area is 254 Å². The molecule has 1 saturated carbocycles. The molecule has 3 aliphatic rings. The van der Waals surface area contributed by atoms with Crippen molar-refractivity contribution < 1.29 is 38.1 Å². The van der Waals surface area contributed by atoms with E-state index < -0.39 is 53.3 Å². The summed E-state index contributed by atoms with van der Waals surface area (Å²) in [4.78, 5) is 46.3. The number of aryl methyl sites for hydroxylation is 1. The maximum atomic E-state index is 14.4. The molecule has 2 aliphatic heterocycles. The largest absolute Gasteiger partial charge is 0.488 e. The predicted molar refractivity (Wildman–Crippen MR) is 156 cm³/mol. The van der Waals surface area contributed by atoms with E-state index in [1.807, 2.05) is 25.1 Å². The lowest BCUT2D eigenvalue weighted by molar-refractivity contribution is -0.145. The Balaban J connectivity index is 1.30. The minimum atomic E-state index is -1.95. The number of benzene rings is 1. The van der Waals surface area contributed by atoms with Crippen LogP contribution in [0.2, 0.25) is 0 Å². The van der Waals surface area contributed by atoms with Crippen molar-refractivity contribution in [2.24, 2.45) is 5.41 Å². The quantitative estimate of drug-likeness (QED) is 0.369. The van der Waals surface area contributed by atoms with Gasteiger partial charge < -0.3 is 34.9 Å². The number of rotatable bonds is 10. The third-order valence-electron chi connectivity index (χ3n) is 7.94. The molecule has 0 spiro atoms. The third-order valence-corrected chi connectivity index (χ3v) is 8.92. The van der Waals surface area contributed by atoms with Gasteiger partial charge in [0, 0.05) is 25.1 Å². The van der Waals surface area contributed by atoms with E-state index in [0.29, 0.717) is 24.5 Å². The molecule has 1 aromatic heterocycles. The topological polar surface area (TPSA) is 139 Å². The SMILES string of the molecule is Cc1ncsc1-c1ccc(CNC(=O)C2CC(O)CN2C(=O)[C@@H](NC(=O)C2(F)CC2)C(C)(C)C)c(OCC2OCCO2)c1. The van der Waals surface area contributed by atoms with E-state index in [0.717, 1.165) is 16.1 Å². The molecule has 2 aromatic rings. The number of hydrogen-bond acceptors (Lipinski definition) is 9. The summed E-state index contributed by atoms with van der Waals surface area (Å²) in [6.45, 7) is 8.40. The van der Waals surface area contributed by atoms with E-state index in [1.54, 1.807) is 26.3 Å². The maximum Gasteiger partial charge on any atom is 0.258 e. The number of carbonyl (C=O) groups is 3. The molecule has 13 heteroatoms. The van der Waals surface area contributed by atoms with E-state index in [9.17, 15) is 23.9 Å². The molecule has 3 N–H and O–H groups in total. The number of alkyl halides is 1. The number of amides is 3. The lowest BCUT2D eigenvalue weighted by Crippen LogP contribution is -2.59. The van der Waals surface area contributed by atoms with E-state index in [4.69, 9.17) is 14.2 Å². The summed E-state index contributed by atoms with van der Waals surface area (Å²) in [5.74, 6) is -1.27. The van der Waals surface area contributed by atoms with Gasteiger partial charge in [-0.2, -0.15) is 0 Å². The van der Waals surface area contributed by atoms with Gasteiger partial charge >= 0.3 is 0 Å². The highest BCUT2D eigenvalue weighted by atomic mass is 32.1. The van der Waals surface area contributed by atoms with Gasteiger partial charge in [0.2, 0.25) is 11.8 Å². The van der Waals surface area contributed by atoms with Crippen LogP contribution in [0.4, 0.5) is 4.39 Å². The predicted octanol–water partition coefficient (Wildman–Crippen LogP) is 2.48. The van der Waals surface area contributed by atoms with Crippen LogP contribution in [0.15, 0.2) is 23.7 Å². The second-order valence-electron chi connectivity index (χ2n) is 12.4. The standard InChI is InChI=1S/C30H39FN4O7S/c1-17-24(43-16-33-17)18-5-6-19(22(11-18)42-15-23-40-9-10-41-23)13-32-26(37)21-12-20(36)14-35(21)27(38)25(29(2,3)4)34-28(39)30(31)7-8-30/h5-6,11,16,20-21,23,25,36H,7-10,12-15H2,1-4H3,(H,32,37)(H,34,39)/t20?,21?,25-/m1/s1. The number of nitrogens with zero attached hydrogens (tertiary/aromatic N) is 2. The van der Waals surface area contributed by atoms with Gasteiger partial charge in [-0.3, -0.25) is 14.4 Å². The van der Waals surface area contributed by atoms with Crippen molar-refractivity contribution in [3.63, 3.8) is 0 Å². The molecule has 5 rings (SSSR count). The zero-order chi connectivity index (χ0) is 30.9. The number of aliphatic hydroxyl groups excluding tert-OH is 1. The Morgan fingerprint density at radius 3 is 2.60 bits per heavy atom. The lowest BCUT2D eigenvalue weighted by Gasteiger charge is -2.35. The van der Waals surface area contributed by atoms with Crippen LogP contribution in [-0.2, 0) is 30.4 Å². The number of halogens is 1. The zero-order valence-electron chi connectivity index (χ0n) is 24.9. The van der Waals surface area contributed by atoms with Crippen molar-refractivity contribution in [3.05, 3.63) is 35.0 Å². The number of hydrogen-bond donors (Lipinski definition) is 3. The van der Waals surface area contributed by atoms with Crippen LogP contribution in [-0.4, -0.2) is 89.2 Å². The van der Waals surface area contributed by atoms with Gasteiger partial charge in [0.05, 0.1) is 35.4 Å². The third kappa shape index (κ3) is 7.17. The van der Waals surface area contributed by atoms with Crippen LogP contribution < -0.4 is 15.4 Å². The molecular formula is C30H39FN4O7S. The van der Waals surface area contributed by atoms with Crippen LogP contribution in [0.5, 0.6) is 5.75 Å². The van der Waals surface area contributed by atoms with Gasteiger partial charge in [-0.1, -0.05) is 32.9 Å². The number of aromatic nitrogens is 1. The van der Waals surface area contributed by atoms with Gasteiger partial charge in [-0.05, 0) is 36.8 Å². The molecule has 3 fully saturated rings. The van der Waals surface area contributed by atoms with Gasteiger partial charge in [-0.25, -0.2) is 9.37 Å². The van der Waals surface area contributed by atoms with E-state index in [1.165, 1.54) is 16.2 Å². The van der Waals surface area contributed by atoms with Crippen LogP contribution >= 0.6 is 11.3 Å². The van der Waals surface area contributed by atoms with Crippen molar-refractivity contribution in [2.75, 3.05) is 26.4 Å². The van der Waals surface area contributed by atoms with Gasteiger partial charge in [0.25, 0.3) is 5.91 Å². The number of thiazole rings is 1. The Morgan fingerprint density at radius 2 is 1.98 bits per heavy atom. The number of ether oxygens (including phenoxy) is 3. The second kappa shape index (κ2) is 12.5. The minimum Gasteiger partial charge on any atom is -0.488 e. The summed E-state index contributed by atoms with van der Waals surface area (Å²) in [5, 5.41) is 15.9. The highest BCUT2D eigenvalue weighted by molar-refractivity contribution is 7.13. The minimum absolute atomic E-state index is 0.0404. The molecule has 234 valence electrons. The molecule has 3 atom stereocenters. The number of nitrogens with one attached hydrogen (secondary N) is 2. The molecule has 1 aromatic carbocycles. The molecule has 1 aliphatic carbocycles. The Bertz CT molecular complexity index is 1350. The van der Waals surface area contributed by atoms with E-state index in [2.05, 4.69) is 15.6 Å². The highest BCUT2D eigenvalue weighted by Crippen LogP contribution is 2.40. The van der Waals surface area contributed by atoms with Crippen molar-refractivity contribution in [1.29, 1.82) is 0 Å². The smallest absolute Gasteiger partial charge is 0.258 e. The zero-order valence-corrected chi connectivity index (χ0v) is 25.7. The fourth-order valence-corrected chi connectivity index (χ4v) is 6.04. The summed E-state index contributed by atoms with van der Waals surface area (Å²) in [7, 11) is 0. The summed E-state index contributed by atoms with van der Waals surface area (Å²) in [6.07, 6.45) is -1.12. The number of β-amino-alcohol motifs (C(OH)–C–C–N with tert-alkyl or cyclic N) is 1. The van der Waals surface area contributed by atoms with Crippen molar-refractivity contribution in [2.45, 2.75) is 83.6 Å². The van der Waals surface area contributed by atoms with Crippen LogP contribution in [0, 0.1) is 12.3 Å². The van der Waals surface area contributed by atoms with Crippen molar-refractivity contribution >= 4 is 29.1 Å². The first-order valence-electron chi connectivity index (χ1n) is 14.5. The van der Waals surface area contributed by atoms with Gasteiger partial charge in [0.1, 0.15) is 24.4 Å². The van der Waals surface area contributed by atoms with Crippen molar-refractivity contribution in [1.82, 2.24) is 20.5 Å². The average Bonchev–Trinajstić information content (AvgIpc) is 3.34. The Hall–Kier alpha value is -3.13. The molecule has 2 unspecified atom stereocenters. The average molecular weight is 619 g/mol.